The molecule has 244 valence electrons. The minimum atomic E-state index is -4.92. The predicted molar refractivity (Wildman–Crippen MR) is 195 cm³/mol. The second-order valence-electron chi connectivity index (χ2n) is 13.2. The summed E-state index contributed by atoms with van der Waals surface area (Å²) in [6.07, 6.45) is 0. The maximum Gasteiger partial charge on any atom is 0.525 e. The fraction of sp³-hybridized carbons (Fsp3) is 0.300. The molecule has 4 rings (SSSR count). The van der Waals surface area contributed by atoms with Crippen LogP contribution in [0, 0.1) is 23.7 Å². The van der Waals surface area contributed by atoms with Crippen LogP contribution in [0.1, 0.15) is 124 Å². The first-order chi connectivity index (χ1) is 22.1. The van der Waals surface area contributed by atoms with Crippen molar-refractivity contribution in [1.29, 1.82) is 0 Å². The van der Waals surface area contributed by atoms with E-state index in [4.69, 9.17) is 4.12 Å². The highest BCUT2D eigenvalue weighted by atomic mass is 28.5. The molecule has 0 aliphatic rings. The Morgan fingerprint density at radius 2 is 0.681 bits per heavy atom. The lowest BCUT2D eigenvalue weighted by molar-refractivity contribution is 0.178. The molecule has 0 aromatic heterocycles. The molecule has 4 N–H and O–H groups in total. The van der Waals surface area contributed by atoms with Crippen molar-refractivity contribution in [3.63, 3.8) is 0 Å². The lowest BCUT2D eigenvalue weighted by Crippen LogP contribution is -2.67. The van der Waals surface area contributed by atoms with E-state index in [-0.39, 0.29) is 34.0 Å². The normalized spacial score (nSPS) is 11.9. The van der Waals surface area contributed by atoms with Crippen LogP contribution in [0.4, 0.5) is 0 Å². The van der Waals surface area contributed by atoms with Crippen molar-refractivity contribution >= 4 is 28.0 Å². The summed E-state index contributed by atoms with van der Waals surface area (Å²) in [5.74, 6) is 12.4. The van der Waals surface area contributed by atoms with Gasteiger partial charge in [-0.05, 0) is 94.5 Å². The Hall–Kier alpha value is -3.77. The van der Waals surface area contributed by atoms with Gasteiger partial charge in [0.05, 0.1) is 0 Å². The highest BCUT2D eigenvalue weighted by Crippen LogP contribution is 2.28. The fourth-order valence-corrected chi connectivity index (χ4v) is 11.1. The highest BCUT2D eigenvalue weighted by Gasteiger charge is 2.53. The van der Waals surface area contributed by atoms with E-state index < -0.39 is 17.6 Å². The molecule has 0 saturated heterocycles. The van der Waals surface area contributed by atoms with Gasteiger partial charge in [-0.1, -0.05) is 115 Å². The van der Waals surface area contributed by atoms with Gasteiger partial charge in [-0.25, -0.2) is 0 Å². The zero-order valence-corrected chi connectivity index (χ0v) is 30.6. The van der Waals surface area contributed by atoms with Crippen molar-refractivity contribution in [3.05, 3.63) is 129 Å². The number of hydrogen-bond donors (Lipinski definition) is 4. The molecule has 7 heteroatoms. The molecule has 47 heavy (non-hydrogen) atoms. The average Bonchev–Trinajstić information content (AvgIpc) is 3.02. The standard InChI is InChI=1S/C40H46O5Si2/c1-27(2)35-23-33(21-19-31-15-11-9-12-16-31)24-36(28(3)4)39(35)46(41,42)45-47(43,44)40-37(29(5)6)25-34(26-38(40)30(7)8)22-20-32-17-13-10-14-18-32/h9-18,23-30,41-44H,1-8H3. The highest BCUT2D eigenvalue weighted by molar-refractivity contribution is 6.86. The Morgan fingerprint density at radius 1 is 0.426 bits per heavy atom. The third-order valence-electron chi connectivity index (χ3n) is 8.07. The second-order valence-corrected chi connectivity index (χ2v) is 17.5. The van der Waals surface area contributed by atoms with Gasteiger partial charge in [0.2, 0.25) is 0 Å². The lowest BCUT2D eigenvalue weighted by atomic mass is 9.92. The van der Waals surface area contributed by atoms with Gasteiger partial charge in [-0.2, -0.15) is 0 Å². The number of hydrogen-bond acceptors (Lipinski definition) is 5. The van der Waals surface area contributed by atoms with Gasteiger partial charge in [-0.15, -0.1) is 0 Å². The molecule has 0 atom stereocenters. The van der Waals surface area contributed by atoms with Crippen LogP contribution in [0.5, 0.6) is 0 Å². The molecule has 0 spiro atoms. The van der Waals surface area contributed by atoms with E-state index in [9.17, 15) is 19.2 Å². The van der Waals surface area contributed by atoms with E-state index in [1.165, 1.54) is 0 Å². The SMILES string of the molecule is CC(C)c1cc(C#Cc2ccccc2)cc(C(C)C)c1[Si](O)(O)O[Si](O)(O)c1c(C(C)C)cc(C#Cc2ccccc2)cc1C(C)C. The summed E-state index contributed by atoms with van der Waals surface area (Å²) in [6, 6.07) is 26.8. The summed E-state index contributed by atoms with van der Waals surface area (Å²) in [4.78, 5) is 47.6. The molecule has 0 amide bonds. The van der Waals surface area contributed by atoms with Gasteiger partial charge in [0.25, 0.3) is 0 Å². The van der Waals surface area contributed by atoms with E-state index >= 15 is 0 Å². The number of benzene rings is 4. The van der Waals surface area contributed by atoms with Crippen LogP contribution in [-0.4, -0.2) is 36.8 Å². The second kappa shape index (κ2) is 15.0. The van der Waals surface area contributed by atoms with Crippen LogP contribution in [0.15, 0.2) is 84.9 Å². The molecule has 0 saturated carbocycles. The van der Waals surface area contributed by atoms with Crippen molar-refractivity contribution in [1.82, 2.24) is 0 Å². The molecular formula is C40H46O5Si2. The van der Waals surface area contributed by atoms with Gasteiger partial charge >= 0.3 is 17.6 Å². The molecule has 0 unspecified atom stereocenters. The molecule has 4 aromatic rings. The first kappa shape index (κ1) is 36.1. The van der Waals surface area contributed by atoms with Crippen LogP contribution in [0.25, 0.3) is 0 Å². The zero-order chi connectivity index (χ0) is 34.5. The third kappa shape index (κ3) is 8.78. The summed E-state index contributed by atoms with van der Waals surface area (Å²) < 4.78 is 5.93. The van der Waals surface area contributed by atoms with Crippen molar-refractivity contribution in [2.45, 2.75) is 79.1 Å². The van der Waals surface area contributed by atoms with Crippen LogP contribution in [0.3, 0.4) is 0 Å². The van der Waals surface area contributed by atoms with E-state index in [0.29, 0.717) is 22.3 Å². The Morgan fingerprint density at radius 3 is 0.936 bits per heavy atom. The summed E-state index contributed by atoms with van der Waals surface area (Å²) in [5.41, 5.74) is 5.88. The zero-order valence-electron chi connectivity index (χ0n) is 28.6. The third-order valence-corrected chi connectivity index (χ3v) is 12.8. The fourth-order valence-electron chi connectivity index (χ4n) is 5.73. The summed E-state index contributed by atoms with van der Waals surface area (Å²) in [5, 5.41) is 0.491. The molecule has 0 radical (unpaired) electrons. The molecule has 0 heterocycles. The Labute approximate surface area is 282 Å². The van der Waals surface area contributed by atoms with Gasteiger partial charge in [0.1, 0.15) is 0 Å². The Balaban J connectivity index is 1.84. The smallest absolute Gasteiger partial charge is 0.387 e. The van der Waals surface area contributed by atoms with Crippen LogP contribution in [0.2, 0.25) is 0 Å². The molecular weight excluding hydrogens is 617 g/mol. The van der Waals surface area contributed by atoms with Gasteiger partial charge < -0.3 is 23.3 Å². The van der Waals surface area contributed by atoms with Crippen molar-refractivity contribution in [2.75, 3.05) is 0 Å². The monoisotopic (exact) mass is 662 g/mol. The van der Waals surface area contributed by atoms with Crippen molar-refractivity contribution < 1.29 is 23.3 Å². The molecule has 5 nitrogen and oxygen atoms in total. The van der Waals surface area contributed by atoms with E-state index in [2.05, 4.69) is 23.7 Å². The predicted octanol–water partition coefficient (Wildman–Crippen LogP) is 5.96. The van der Waals surface area contributed by atoms with Crippen molar-refractivity contribution in [2.24, 2.45) is 0 Å². The molecule has 0 aliphatic carbocycles. The lowest BCUT2D eigenvalue weighted by Gasteiger charge is -2.33. The van der Waals surface area contributed by atoms with Crippen LogP contribution >= 0.6 is 0 Å². The topological polar surface area (TPSA) is 90.2 Å². The van der Waals surface area contributed by atoms with Gasteiger partial charge in [0.15, 0.2) is 0 Å². The van der Waals surface area contributed by atoms with Gasteiger partial charge in [0, 0.05) is 32.6 Å². The van der Waals surface area contributed by atoms with Gasteiger partial charge in [-0.3, -0.25) is 0 Å². The van der Waals surface area contributed by atoms with E-state index in [0.717, 1.165) is 22.3 Å². The molecule has 4 aromatic carbocycles. The number of rotatable bonds is 8. The van der Waals surface area contributed by atoms with E-state index in [1.54, 1.807) is 0 Å². The molecule has 0 bridgehead atoms. The van der Waals surface area contributed by atoms with Crippen LogP contribution < -0.4 is 10.4 Å². The molecule has 0 aliphatic heterocycles. The maximum absolute atomic E-state index is 11.9. The summed E-state index contributed by atoms with van der Waals surface area (Å²) >= 11 is 0. The minimum Gasteiger partial charge on any atom is -0.387 e. The maximum atomic E-state index is 11.9. The summed E-state index contributed by atoms with van der Waals surface area (Å²) in [7, 11) is -9.85. The quantitative estimate of drug-likeness (QED) is 0.138. The average molecular weight is 663 g/mol. The molecule has 0 fully saturated rings. The minimum absolute atomic E-state index is 0.121. The van der Waals surface area contributed by atoms with Crippen molar-refractivity contribution in [3.8, 4) is 23.7 Å². The van der Waals surface area contributed by atoms with Crippen LogP contribution in [-0.2, 0) is 4.12 Å². The Kier molecular flexibility index (Phi) is 11.5. The first-order valence-corrected chi connectivity index (χ1v) is 19.8. The Bertz CT molecular complexity index is 1630. The largest absolute Gasteiger partial charge is 0.525 e. The summed E-state index contributed by atoms with van der Waals surface area (Å²) in [6.45, 7) is 15.7. The van der Waals surface area contributed by atoms with E-state index in [1.807, 2.05) is 140 Å². The first-order valence-electron chi connectivity index (χ1n) is 16.2.